The largest absolute Gasteiger partial charge is 0.494 e. The second-order valence-corrected chi connectivity index (χ2v) is 4.28. The van der Waals surface area contributed by atoms with Crippen LogP contribution in [-0.2, 0) is 4.74 Å². The van der Waals surface area contributed by atoms with Crippen molar-refractivity contribution < 1.29 is 9.47 Å². The fourth-order valence-corrected chi connectivity index (χ4v) is 2.11. The third-order valence-corrected chi connectivity index (χ3v) is 2.93. The molecule has 1 aromatic carbocycles. The normalized spacial score (nSPS) is 14.2. The van der Waals surface area contributed by atoms with Crippen molar-refractivity contribution in [2.75, 3.05) is 13.2 Å². The number of benzene rings is 1. The Morgan fingerprint density at radius 3 is 2.44 bits per heavy atom. The predicted molar refractivity (Wildman–Crippen MR) is 74.9 cm³/mol. The highest BCUT2D eigenvalue weighted by atomic mass is 16.5. The lowest BCUT2D eigenvalue weighted by Gasteiger charge is -2.25. The Kier molecular flexibility index (Phi) is 6.76. The van der Waals surface area contributed by atoms with E-state index in [0.717, 1.165) is 24.2 Å². The van der Waals surface area contributed by atoms with E-state index in [0.29, 0.717) is 13.2 Å². The minimum atomic E-state index is -0.132. The molecule has 2 N–H and O–H groups in total. The van der Waals surface area contributed by atoms with Crippen LogP contribution < -0.4 is 10.5 Å². The molecule has 102 valence electrons. The molecule has 0 aliphatic rings. The zero-order chi connectivity index (χ0) is 13.4. The Morgan fingerprint density at radius 2 is 1.83 bits per heavy atom. The topological polar surface area (TPSA) is 44.5 Å². The zero-order valence-corrected chi connectivity index (χ0v) is 11.7. The fraction of sp³-hybridized carbons (Fsp3) is 0.600. The summed E-state index contributed by atoms with van der Waals surface area (Å²) in [5.41, 5.74) is 7.37. The van der Waals surface area contributed by atoms with Gasteiger partial charge in [-0.2, -0.15) is 0 Å². The van der Waals surface area contributed by atoms with Gasteiger partial charge in [-0.05, 0) is 26.3 Å². The van der Waals surface area contributed by atoms with Crippen molar-refractivity contribution in [2.24, 2.45) is 5.73 Å². The Bertz CT molecular complexity index is 335. The zero-order valence-electron chi connectivity index (χ0n) is 11.7. The summed E-state index contributed by atoms with van der Waals surface area (Å²) in [6, 6.07) is 7.82. The van der Waals surface area contributed by atoms with Crippen molar-refractivity contribution in [2.45, 2.75) is 45.8 Å². The predicted octanol–water partition coefficient (Wildman–Crippen LogP) is 3.29. The molecule has 0 aromatic heterocycles. The van der Waals surface area contributed by atoms with Crippen LogP contribution >= 0.6 is 0 Å². The average Bonchev–Trinajstić information content (AvgIpc) is 2.39. The van der Waals surface area contributed by atoms with Gasteiger partial charge < -0.3 is 15.2 Å². The van der Waals surface area contributed by atoms with Crippen LogP contribution in [0.3, 0.4) is 0 Å². The Balaban J connectivity index is 2.88. The lowest BCUT2D eigenvalue weighted by molar-refractivity contribution is 0.0368. The second-order valence-electron chi connectivity index (χ2n) is 4.28. The summed E-state index contributed by atoms with van der Waals surface area (Å²) in [6.07, 6.45) is 2.09. The summed E-state index contributed by atoms with van der Waals surface area (Å²) in [5.74, 6) is 0.869. The molecular formula is C15H25NO2. The molecule has 0 bridgehead atoms. The van der Waals surface area contributed by atoms with E-state index in [1.807, 2.05) is 38.1 Å². The number of para-hydroxylation sites is 1. The van der Waals surface area contributed by atoms with E-state index in [1.54, 1.807) is 0 Å². The SMILES string of the molecule is CCCC(OCC)C(N)c1ccccc1OCC. The van der Waals surface area contributed by atoms with Crippen LogP contribution in [0.1, 0.15) is 45.2 Å². The van der Waals surface area contributed by atoms with E-state index >= 15 is 0 Å². The first kappa shape index (κ1) is 15.0. The van der Waals surface area contributed by atoms with Gasteiger partial charge in [-0.1, -0.05) is 31.5 Å². The van der Waals surface area contributed by atoms with E-state index in [-0.39, 0.29) is 12.1 Å². The summed E-state index contributed by atoms with van der Waals surface area (Å²) >= 11 is 0. The van der Waals surface area contributed by atoms with E-state index in [9.17, 15) is 0 Å². The van der Waals surface area contributed by atoms with Gasteiger partial charge in [0.1, 0.15) is 5.75 Å². The van der Waals surface area contributed by atoms with Crippen LogP contribution in [0.2, 0.25) is 0 Å². The standard InChI is InChI=1S/C15H25NO2/c1-4-9-14(18-6-3)15(16)12-10-7-8-11-13(12)17-5-2/h7-8,10-11,14-15H,4-6,9,16H2,1-3H3. The third-order valence-electron chi connectivity index (χ3n) is 2.93. The lowest BCUT2D eigenvalue weighted by atomic mass is 9.98. The summed E-state index contributed by atoms with van der Waals surface area (Å²) < 4.78 is 11.4. The molecule has 0 radical (unpaired) electrons. The molecular weight excluding hydrogens is 226 g/mol. The maximum absolute atomic E-state index is 6.34. The minimum Gasteiger partial charge on any atom is -0.494 e. The second kappa shape index (κ2) is 8.11. The first-order chi connectivity index (χ1) is 8.74. The fourth-order valence-electron chi connectivity index (χ4n) is 2.11. The van der Waals surface area contributed by atoms with Crippen LogP contribution in [0.25, 0.3) is 0 Å². The van der Waals surface area contributed by atoms with Crippen LogP contribution in [0.4, 0.5) is 0 Å². The van der Waals surface area contributed by atoms with Crippen LogP contribution in [0, 0.1) is 0 Å². The van der Waals surface area contributed by atoms with E-state index in [4.69, 9.17) is 15.2 Å². The van der Waals surface area contributed by atoms with Crippen LogP contribution in [-0.4, -0.2) is 19.3 Å². The number of nitrogens with two attached hydrogens (primary N) is 1. The monoisotopic (exact) mass is 251 g/mol. The molecule has 0 heterocycles. The van der Waals surface area contributed by atoms with Crippen molar-refractivity contribution in [1.82, 2.24) is 0 Å². The Hall–Kier alpha value is -1.06. The molecule has 3 nitrogen and oxygen atoms in total. The number of hydrogen-bond donors (Lipinski definition) is 1. The van der Waals surface area contributed by atoms with Crippen molar-refractivity contribution in [1.29, 1.82) is 0 Å². The first-order valence-electron chi connectivity index (χ1n) is 6.83. The molecule has 0 amide bonds. The van der Waals surface area contributed by atoms with Crippen molar-refractivity contribution in [3.05, 3.63) is 29.8 Å². The van der Waals surface area contributed by atoms with Gasteiger partial charge in [-0.15, -0.1) is 0 Å². The molecule has 1 aromatic rings. The molecule has 0 aliphatic carbocycles. The summed E-state index contributed by atoms with van der Waals surface area (Å²) in [4.78, 5) is 0. The van der Waals surface area contributed by atoms with Gasteiger partial charge in [-0.25, -0.2) is 0 Å². The summed E-state index contributed by atoms with van der Waals surface area (Å²) in [5, 5.41) is 0. The van der Waals surface area contributed by atoms with Crippen molar-refractivity contribution in [3.8, 4) is 5.75 Å². The molecule has 2 unspecified atom stereocenters. The quantitative estimate of drug-likeness (QED) is 0.771. The molecule has 0 fully saturated rings. The van der Waals surface area contributed by atoms with Crippen LogP contribution in [0.15, 0.2) is 24.3 Å². The molecule has 2 atom stereocenters. The highest BCUT2D eigenvalue weighted by Crippen LogP contribution is 2.28. The van der Waals surface area contributed by atoms with Gasteiger partial charge in [0, 0.05) is 12.2 Å². The maximum atomic E-state index is 6.34. The summed E-state index contributed by atoms with van der Waals surface area (Å²) in [6.45, 7) is 7.47. The molecule has 18 heavy (non-hydrogen) atoms. The van der Waals surface area contributed by atoms with Crippen LogP contribution in [0.5, 0.6) is 5.75 Å². The number of rotatable bonds is 8. The van der Waals surface area contributed by atoms with Gasteiger partial charge in [0.15, 0.2) is 0 Å². The number of hydrogen-bond acceptors (Lipinski definition) is 3. The molecule has 0 spiro atoms. The van der Waals surface area contributed by atoms with Crippen molar-refractivity contribution >= 4 is 0 Å². The Labute approximate surface area is 110 Å². The smallest absolute Gasteiger partial charge is 0.124 e. The highest BCUT2D eigenvalue weighted by Gasteiger charge is 2.21. The van der Waals surface area contributed by atoms with E-state index < -0.39 is 0 Å². The average molecular weight is 251 g/mol. The first-order valence-corrected chi connectivity index (χ1v) is 6.83. The minimum absolute atomic E-state index is 0.0570. The van der Waals surface area contributed by atoms with Gasteiger partial charge in [0.2, 0.25) is 0 Å². The Morgan fingerprint density at radius 1 is 1.11 bits per heavy atom. The van der Waals surface area contributed by atoms with E-state index in [2.05, 4.69) is 6.92 Å². The van der Waals surface area contributed by atoms with Gasteiger partial charge >= 0.3 is 0 Å². The molecule has 0 saturated carbocycles. The molecule has 0 aliphatic heterocycles. The van der Waals surface area contributed by atoms with Gasteiger partial charge in [0.05, 0.1) is 18.8 Å². The highest BCUT2D eigenvalue weighted by molar-refractivity contribution is 5.36. The third kappa shape index (κ3) is 4.00. The molecule has 3 heteroatoms. The van der Waals surface area contributed by atoms with Gasteiger partial charge in [0.25, 0.3) is 0 Å². The molecule has 0 saturated heterocycles. The van der Waals surface area contributed by atoms with Crippen molar-refractivity contribution in [3.63, 3.8) is 0 Å². The lowest BCUT2D eigenvalue weighted by Crippen LogP contribution is -2.29. The summed E-state index contributed by atoms with van der Waals surface area (Å²) in [7, 11) is 0. The number of ether oxygens (including phenoxy) is 2. The van der Waals surface area contributed by atoms with Gasteiger partial charge in [-0.3, -0.25) is 0 Å². The maximum Gasteiger partial charge on any atom is 0.124 e. The molecule has 1 rings (SSSR count). The van der Waals surface area contributed by atoms with E-state index in [1.165, 1.54) is 0 Å².